The van der Waals surface area contributed by atoms with E-state index in [0.29, 0.717) is 0 Å². The first-order chi connectivity index (χ1) is 13.2. The zero-order chi connectivity index (χ0) is 20.9. The molecule has 8 nitrogen and oxygen atoms in total. The Bertz CT molecular complexity index is 994. The lowest BCUT2D eigenvalue weighted by atomic mass is 10.2. The monoisotopic (exact) mass is 409 g/mol. The number of ether oxygens (including phenoxy) is 1. The van der Waals surface area contributed by atoms with Crippen LogP contribution >= 0.6 is 0 Å². The third-order valence-electron chi connectivity index (χ3n) is 3.80. The van der Waals surface area contributed by atoms with Crippen molar-refractivity contribution in [1.82, 2.24) is 9.62 Å². The zero-order valence-corrected chi connectivity index (χ0v) is 16.3. The van der Waals surface area contributed by atoms with Crippen molar-refractivity contribution in [2.45, 2.75) is 4.90 Å². The van der Waals surface area contributed by atoms with Gasteiger partial charge in [-0.1, -0.05) is 6.07 Å². The van der Waals surface area contributed by atoms with E-state index in [4.69, 9.17) is 4.74 Å². The fourth-order valence-corrected chi connectivity index (χ4v) is 3.32. The average Bonchev–Trinajstić information content (AvgIpc) is 2.66. The van der Waals surface area contributed by atoms with Crippen molar-refractivity contribution >= 4 is 27.5 Å². The molecule has 2 N–H and O–H groups in total. The van der Waals surface area contributed by atoms with Gasteiger partial charge in [-0.2, -0.15) is 0 Å². The number of hydrogen-bond acceptors (Lipinski definition) is 5. The minimum absolute atomic E-state index is 0.0654. The number of nitrogens with one attached hydrogen (secondary N) is 2. The maximum absolute atomic E-state index is 13.2. The first kappa shape index (κ1) is 21.3. The number of amides is 2. The van der Waals surface area contributed by atoms with Crippen LogP contribution in [-0.2, 0) is 14.8 Å². The third kappa shape index (κ3) is 5.05. The Morgan fingerprint density at radius 2 is 1.89 bits per heavy atom. The molecule has 0 saturated heterocycles. The zero-order valence-electron chi connectivity index (χ0n) is 15.5. The van der Waals surface area contributed by atoms with E-state index < -0.39 is 27.7 Å². The van der Waals surface area contributed by atoms with Gasteiger partial charge in [-0.25, -0.2) is 17.5 Å². The lowest BCUT2D eigenvalue weighted by molar-refractivity contribution is -0.116. The third-order valence-corrected chi connectivity index (χ3v) is 5.24. The Morgan fingerprint density at radius 3 is 2.50 bits per heavy atom. The summed E-state index contributed by atoms with van der Waals surface area (Å²) in [6, 6.07) is 9.29. The van der Waals surface area contributed by atoms with Crippen LogP contribution in [0.3, 0.4) is 0 Å². The molecule has 2 amide bonds. The molecule has 0 spiro atoms. The van der Waals surface area contributed by atoms with E-state index in [1.165, 1.54) is 57.6 Å². The molecule has 0 aliphatic carbocycles. The number of carbonyl (C=O) groups excluding carboxylic acids is 2. The number of anilines is 1. The quantitative estimate of drug-likeness (QED) is 0.720. The van der Waals surface area contributed by atoms with Crippen LogP contribution in [-0.4, -0.2) is 52.9 Å². The summed E-state index contributed by atoms with van der Waals surface area (Å²) >= 11 is 0. The van der Waals surface area contributed by atoms with Crippen molar-refractivity contribution < 1.29 is 27.1 Å². The number of halogens is 1. The summed E-state index contributed by atoms with van der Waals surface area (Å²) in [4.78, 5) is 25.6. The molecule has 0 bridgehead atoms. The fraction of sp³-hybridized carbons (Fsp3) is 0.222. The molecule has 0 saturated carbocycles. The first-order valence-corrected chi connectivity index (χ1v) is 9.58. The van der Waals surface area contributed by atoms with E-state index in [1.807, 2.05) is 0 Å². The summed E-state index contributed by atoms with van der Waals surface area (Å²) in [5.41, 5.74) is 0.327. The molecule has 150 valence electrons. The topological polar surface area (TPSA) is 105 Å². The van der Waals surface area contributed by atoms with E-state index in [9.17, 15) is 22.4 Å². The number of nitrogens with zero attached hydrogens (tertiary/aromatic N) is 1. The fourth-order valence-electron chi connectivity index (χ4n) is 2.40. The number of sulfonamides is 1. The molecular weight excluding hydrogens is 389 g/mol. The highest BCUT2D eigenvalue weighted by Gasteiger charge is 2.22. The number of hydrogen-bond donors (Lipinski definition) is 2. The molecular formula is C18H20FN3O5S. The second kappa shape index (κ2) is 8.81. The van der Waals surface area contributed by atoms with Gasteiger partial charge in [0.2, 0.25) is 15.9 Å². The lowest BCUT2D eigenvalue weighted by Gasteiger charge is -2.18. The average molecular weight is 409 g/mol. The van der Waals surface area contributed by atoms with Crippen LogP contribution in [0.15, 0.2) is 47.4 Å². The van der Waals surface area contributed by atoms with Crippen LogP contribution in [0.25, 0.3) is 0 Å². The van der Waals surface area contributed by atoms with Crippen molar-refractivity contribution in [3.05, 3.63) is 53.8 Å². The van der Waals surface area contributed by atoms with Crippen molar-refractivity contribution in [1.29, 1.82) is 0 Å². The summed E-state index contributed by atoms with van der Waals surface area (Å²) < 4.78 is 44.6. The molecule has 0 heterocycles. The number of methoxy groups -OCH3 is 1. The second-order valence-corrected chi connectivity index (χ2v) is 7.65. The van der Waals surface area contributed by atoms with E-state index in [2.05, 4.69) is 10.0 Å². The Labute approximate surface area is 162 Å². The highest BCUT2D eigenvalue weighted by molar-refractivity contribution is 7.89. The molecule has 28 heavy (non-hydrogen) atoms. The molecule has 0 aromatic heterocycles. The summed E-state index contributed by atoms with van der Waals surface area (Å²) in [5.74, 6) is -1.52. The number of carbonyl (C=O) groups is 2. The molecule has 2 rings (SSSR count). The van der Waals surface area contributed by atoms with Gasteiger partial charge in [0.25, 0.3) is 5.91 Å². The number of benzene rings is 2. The number of likely N-dealkylation sites (N-methyl/N-ethyl adjacent to an activating group) is 1. The SMILES string of the molecule is CNS(=O)(=O)c1cc(C(=O)N(C)CC(=O)Nc2cccc(F)c2)ccc1OC. The Morgan fingerprint density at radius 1 is 1.18 bits per heavy atom. The molecule has 0 fully saturated rings. The number of rotatable bonds is 7. The van der Waals surface area contributed by atoms with Crippen LogP contribution in [0, 0.1) is 5.82 Å². The van der Waals surface area contributed by atoms with Crippen molar-refractivity contribution in [3.8, 4) is 5.75 Å². The van der Waals surface area contributed by atoms with Gasteiger partial charge in [0.15, 0.2) is 0 Å². The molecule has 0 radical (unpaired) electrons. The molecule has 0 aliphatic heterocycles. The van der Waals surface area contributed by atoms with Crippen LogP contribution in [0.1, 0.15) is 10.4 Å². The Hall–Kier alpha value is -2.98. The van der Waals surface area contributed by atoms with Crippen LogP contribution < -0.4 is 14.8 Å². The molecule has 2 aromatic carbocycles. The largest absolute Gasteiger partial charge is 0.495 e. The molecule has 0 aliphatic rings. The van der Waals surface area contributed by atoms with Crippen LogP contribution in [0.4, 0.5) is 10.1 Å². The standard InChI is InChI=1S/C18H20FN3O5S/c1-20-28(25,26)16-9-12(7-8-15(16)27-3)18(24)22(2)11-17(23)21-14-6-4-5-13(19)10-14/h4-10,20H,11H2,1-3H3,(H,21,23). The molecule has 10 heteroatoms. The van der Waals surface area contributed by atoms with Gasteiger partial charge in [0, 0.05) is 18.3 Å². The van der Waals surface area contributed by atoms with Gasteiger partial charge in [-0.05, 0) is 43.4 Å². The summed E-state index contributed by atoms with van der Waals surface area (Å²) in [7, 11) is 0.0979. The minimum atomic E-state index is -3.85. The van der Waals surface area contributed by atoms with Crippen molar-refractivity contribution in [3.63, 3.8) is 0 Å². The maximum atomic E-state index is 13.2. The summed E-state index contributed by atoms with van der Waals surface area (Å²) in [5, 5.41) is 2.48. The van der Waals surface area contributed by atoms with Gasteiger partial charge in [-0.15, -0.1) is 0 Å². The van der Waals surface area contributed by atoms with Crippen LogP contribution in [0.5, 0.6) is 5.75 Å². The van der Waals surface area contributed by atoms with E-state index in [0.717, 1.165) is 11.0 Å². The van der Waals surface area contributed by atoms with E-state index in [1.54, 1.807) is 0 Å². The minimum Gasteiger partial charge on any atom is -0.495 e. The van der Waals surface area contributed by atoms with Gasteiger partial charge >= 0.3 is 0 Å². The Balaban J connectivity index is 2.16. The second-order valence-electron chi connectivity index (χ2n) is 5.79. The molecule has 0 unspecified atom stereocenters. The van der Waals surface area contributed by atoms with Gasteiger partial charge in [-0.3, -0.25) is 9.59 Å². The predicted octanol–water partition coefficient (Wildman–Crippen LogP) is 1.45. The maximum Gasteiger partial charge on any atom is 0.254 e. The highest BCUT2D eigenvalue weighted by atomic mass is 32.2. The normalized spacial score (nSPS) is 11.0. The highest BCUT2D eigenvalue weighted by Crippen LogP contribution is 2.25. The van der Waals surface area contributed by atoms with E-state index >= 15 is 0 Å². The van der Waals surface area contributed by atoms with Crippen molar-refractivity contribution in [2.24, 2.45) is 0 Å². The lowest BCUT2D eigenvalue weighted by Crippen LogP contribution is -2.35. The van der Waals surface area contributed by atoms with Gasteiger partial charge in [0.1, 0.15) is 16.5 Å². The first-order valence-electron chi connectivity index (χ1n) is 8.10. The van der Waals surface area contributed by atoms with Gasteiger partial charge < -0.3 is 15.0 Å². The van der Waals surface area contributed by atoms with Crippen molar-refractivity contribution in [2.75, 3.05) is 33.1 Å². The predicted molar refractivity (Wildman–Crippen MR) is 101 cm³/mol. The summed E-state index contributed by atoms with van der Waals surface area (Å²) in [6.07, 6.45) is 0. The molecule has 2 aromatic rings. The molecule has 0 atom stereocenters. The smallest absolute Gasteiger partial charge is 0.254 e. The van der Waals surface area contributed by atoms with Crippen LogP contribution in [0.2, 0.25) is 0 Å². The Kier molecular flexibility index (Phi) is 6.71. The van der Waals surface area contributed by atoms with Gasteiger partial charge in [0.05, 0.1) is 13.7 Å². The summed E-state index contributed by atoms with van der Waals surface area (Å²) in [6.45, 7) is -0.310. The van der Waals surface area contributed by atoms with E-state index in [-0.39, 0.29) is 28.4 Å².